The fourth-order valence-electron chi connectivity index (χ4n) is 2.40. The van der Waals surface area contributed by atoms with Gasteiger partial charge in [-0.25, -0.2) is 8.42 Å². The van der Waals surface area contributed by atoms with E-state index in [0.717, 1.165) is 16.6 Å². The number of hydrogen-bond acceptors (Lipinski definition) is 3. The smallest absolute Gasteiger partial charge is 0.207 e. The molecule has 2 atom stereocenters. The average Bonchev–Trinajstić information content (AvgIpc) is 2.91. The third kappa shape index (κ3) is 2.05. The summed E-state index contributed by atoms with van der Waals surface area (Å²) in [5.74, 6) is 0.945. The predicted molar refractivity (Wildman–Crippen MR) is 72.7 cm³/mol. The maximum Gasteiger partial charge on any atom is 0.243 e. The van der Waals surface area contributed by atoms with E-state index in [2.05, 4.69) is 15.9 Å². The number of fused-ring (bicyclic) bond motifs is 2. The van der Waals surface area contributed by atoms with Crippen LogP contribution < -0.4 is 0 Å². The molecule has 0 unspecified atom stereocenters. The van der Waals surface area contributed by atoms with E-state index in [1.165, 1.54) is 0 Å². The fourth-order valence-corrected chi connectivity index (χ4v) is 5.97. The van der Waals surface area contributed by atoms with Crippen LogP contribution in [0.15, 0.2) is 33.6 Å². The molecule has 0 saturated carbocycles. The Labute approximate surface area is 114 Å². The van der Waals surface area contributed by atoms with Gasteiger partial charge in [0.25, 0.3) is 0 Å². The van der Waals surface area contributed by atoms with Crippen molar-refractivity contribution in [3.63, 3.8) is 0 Å². The molecule has 6 heteroatoms. The van der Waals surface area contributed by atoms with Gasteiger partial charge in [-0.1, -0.05) is 15.9 Å². The van der Waals surface area contributed by atoms with Gasteiger partial charge in [-0.3, -0.25) is 0 Å². The van der Waals surface area contributed by atoms with Crippen LogP contribution in [0.25, 0.3) is 0 Å². The van der Waals surface area contributed by atoms with Crippen LogP contribution in [0.2, 0.25) is 0 Å². The third-order valence-corrected chi connectivity index (χ3v) is 7.12. The molecule has 0 N–H and O–H groups in total. The lowest BCUT2D eigenvalue weighted by molar-refractivity contribution is 0.410. The van der Waals surface area contributed by atoms with Gasteiger partial charge in [-0.05, 0) is 30.7 Å². The van der Waals surface area contributed by atoms with Crippen LogP contribution >= 0.6 is 27.7 Å². The SMILES string of the molecule is O=S(=O)(c1ccc(Br)cc1)N1C[C@H]2C[C@H]1CS2. The van der Waals surface area contributed by atoms with E-state index < -0.39 is 10.0 Å². The van der Waals surface area contributed by atoms with Gasteiger partial charge < -0.3 is 0 Å². The molecule has 0 aromatic heterocycles. The first kappa shape index (κ1) is 12.0. The van der Waals surface area contributed by atoms with Crippen molar-refractivity contribution >= 4 is 37.7 Å². The van der Waals surface area contributed by atoms with E-state index >= 15 is 0 Å². The number of rotatable bonds is 2. The summed E-state index contributed by atoms with van der Waals surface area (Å²) in [5, 5.41) is 0.505. The summed E-state index contributed by atoms with van der Waals surface area (Å²) in [5.41, 5.74) is 0. The Hall–Kier alpha value is -0.0400. The van der Waals surface area contributed by atoms with Crippen LogP contribution in [-0.2, 0) is 10.0 Å². The molecule has 2 fully saturated rings. The second-order valence-corrected chi connectivity index (χ2v) is 8.51. The minimum Gasteiger partial charge on any atom is -0.207 e. The highest BCUT2D eigenvalue weighted by Gasteiger charge is 2.44. The lowest BCUT2D eigenvalue weighted by Gasteiger charge is -2.25. The molecule has 3 rings (SSSR count). The van der Waals surface area contributed by atoms with Crippen molar-refractivity contribution in [2.45, 2.75) is 22.6 Å². The van der Waals surface area contributed by atoms with Gasteiger partial charge in [0, 0.05) is 28.1 Å². The number of benzene rings is 1. The molecule has 2 heterocycles. The lowest BCUT2D eigenvalue weighted by atomic mass is 10.3. The molecular weight excluding hydrogens is 322 g/mol. The molecular formula is C11H12BrNO2S2. The van der Waals surface area contributed by atoms with Crippen molar-refractivity contribution in [3.8, 4) is 0 Å². The van der Waals surface area contributed by atoms with Crippen molar-refractivity contribution in [3.05, 3.63) is 28.7 Å². The molecule has 1 aromatic carbocycles. The van der Waals surface area contributed by atoms with Gasteiger partial charge in [-0.2, -0.15) is 16.1 Å². The first-order chi connectivity index (χ1) is 8.07. The minimum absolute atomic E-state index is 0.207. The molecule has 0 radical (unpaired) electrons. The highest BCUT2D eigenvalue weighted by atomic mass is 79.9. The first-order valence-corrected chi connectivity index (χ1v) is 8.74. The maximum atomic E-state index is 12.4. The standard InChI is InChI=1S/C11H12BrNO2S2/c12-8-1-3-11(4-2-8)17(14,15)13-6-10-5-9(13)7-16-10/h1-4,9-10H,5-7H2/t9-,10+/m0/s1. The van der Waals surface area contributed by atoms with Crippen LogP contribution in [0.1, 0.15) is 6.42 Å². The Morgan fingerprint density at radius 3 is 2.53 bits per heavy atom. The van der Waals surface area contributed by atoms with Gasteiger partial charge in [0.1, 0.15) is 0 Å². The van der Waals surface area contributed by atoms with Crippen molar-refractivity contribution in [2.24, 2.45) is 0 Å². The second-order valence-electron chi connectivity index (χ2n) is 4.37. The average molecular weight is 334 g/mol. The van der Waals surface area contributed by atoms with Gasteiger partial charge in [-0.15, -0.1) is 0 Å². The van der Waals surface area contributed by atoms with Crippen LogP contribution in [-0.4, -0.2) is 36.3 Å². The zero-order chi connectivity index (χ0) is 12.0. The fraction of sp³-hybridized carbons (Fsp3) is 0.455. The quantitative estimate of drug-likeness (QED) is 0.833. The van der Waals surface area contributed by atoms with Gasteiger partial charge in [0.2, 0.25) is 10.0 Å². The minimum atomic E-state index is -3.29. The van der Waals surface area contributed by atoms with Crippen LogP contribution in [0.3, 0.4) is 0 Å². The van der Waals surface area contributed by atoms with E-state index in [0.29, 0.717) is 16.7 Å². The highest BCUT2D eigenvalue weighted by Crippen LogP contribution is 2.40. The molecule has 2 aliphatic heterocycles. The van der Waals surface area contributed by atoms with Crippen molar-refractivity contribution < 1.29 is 8.42 Å². The zero-order valence-corrected chi connectivity index (χ0v) is 12.3. The van der Waals surface area contributed by atoms with Crippen LogP contribution in [0, 0.1) is 0 Å². The molecule has 2 aliphatic rings. The molecule has 3 nitrogen and oxygen atoms in total. The van der Waals surface area contributed by atoms with Crippen molar-refractivity contribution in [1.29, 1.82) is 0 Å². The summed E-state index contributed by atoms with van der Waals surface area (Å²) in [4.78, 5) is 0.401. The first-order valence-electron chi connectivity index (χ1n) is 5.46. The topological polar surface area (TPSA) is 37.4 Å². The molecule has 0 amide bonds. The lowest BCUT2D eigenvalue weighted by Crippen LogP contribution is -2.39. The van der Waals surface area contributed by atoms with E-state index in [9.17, 15) is 8.42 Å². The van der Waals surface area contributed by atoms with Gasteiger partial charge in [0.15, 0.2) is 0 Å². The number of halogens is 1. The van der Waals surface area contributed by atoms with Crippen molar-refractivity contribution in [1.82, 2.24) is 4.31 Å². The maximum absolute atomic E-state index is 12.4. The molecule has 17 heavy (non-hydrogen) atoms. The number of hydrogen-bond donors (Lipinski definition) is 0. The largest absolute Gasteiger partial charge is 0.243 e. The molecule has 2 bridgehead atoms. The Kier molecular flexibility index (Phi) is 3.01. The van der Waals surface area contributed by atoms with E-state index in [4.69, 9.17) is 0 Å². The third-order valence-electron chi connectivity index (χ3n) is 3.27. The molecule has 0 aliphatic carbocycles. The van der Waals surface area contributed by atoms with E-state index in [-0.39, 0.29) is 6.04 Å². The monoisotopic (exact) mass is 333 g/mol. The number of sulfonamides is 1. The zero-order valence-electron chi connectivity index (χ0n) is 9.04. The van der Waals surface area contributed by atoms with E-state index in [1.54, 1.807) is 28.6 Å². The van der Waals surface area contributed by atoms with Crippen LogP contribution in [0.4, 0.5) is 0 Å². The number of thioether (sulfide) groups is 1. The summed E-state index contributed by atoms with van der Waals surface area (Å²) in [6, 6.07) is 7.09. The summed E-state index contributed by atoms with van der Waals surface area (Å²) >= 11 is 5.21. The van der Waals surface area contributed by atoms with Gasteiger partial charge in [0.05, 0.1) is 4.90 Å². The predicted octanol–water partition coefficient (Wildman–Crippen LogP) is 2.33. The molecule has 1 aromatic rings. The normalized spacial score (nSPS) is 28.8. The summed E-state index contributed by atoms with van der Waals surface area (Å²) in [6.07, 6.45) is 1.01. The Morgan fingerprint density at radius 2 is 2.00 bits per heavy atom. The molecule has 2 saturated heterocycles. The second kappa shape index (κ2) is 4.26. The van der Waals surface area contributed by atoms with E-state index in [1.807, 2.05) is 11.8 Å². The Morgan fingerprint density at radius 1 is 1.29 bits per heavy atom. The summed E-state index contributed by atoms with van der Waals surface area (Å²) in [6.45, 7) is 0.674. The Balaban J connectivity index is 1.93. The molecule has 92 valence electrons. The summed E-state index contributed by atoms with van der Waals surface area (Å²) in [7, 11) is -3.29. The van der Waals surface area contributed by atoms with Crippen LogP contribution in [0.5, 0.6) is 0 Å². The highest BCUT2D eigenvalue weighted by molar-refractivity contribution is 9.10. The summed E-state index contributed by atoms with van der Waals surface area (Å²) < 4.78 is 27.5. The van der Waals surface area contributed by atoms with Gasteiger partial charge >= 0.3 is 0 Å². The number of nitrogens with zero attached hydrogens (tertiary/aromatic N) is 1. The van der Waals surface area contributed by atoms with Crippen molar-refractivity contribution in [2.75, 3.05) is 12.3 Å². The Bertz CT molecular complexity index is 529. The molecule has 0 spiro atoms.